The summed E-state index contributed by atoms with van der Waals surface area (Å²) in [4.78, 5) is 11.0. The van der Waals surface area contributed by atoms with Crippen LogP contribution in [-0.2, 0) is 4.79 Å². The molecule has 0 aromatic carbocycles. The molecular weight excluding hydrogens is 348 g/mol. The number of hydrogen-bond donors (Lipinski definition) is 2. The first-order valence-corrected chi connectivity index (χ1v) is 5.61. The Balaban J connectivity index is 4.82. The maximum Gasteiger partial charge on any atom is 0.409 e. The molecule has 0 aromatic rings. The van der Waals surface area contributed by atoms with Crippen molar-refractivity contribution in [2.24, 2.45) is 0 Å². The van der Waals surface area contributed by atoms with Gasteiger partial charge in [-0.1, -0.05) is 19.2 Å². The van der Waals surface area contributed by atoms with Crippen molar-refractivity contribution in [3.8, 4) is 0 Å². The van der Waals surface area contributed by atoms with Crippen LogP contribution in [0.5, 0.6) is 0 Å². The van der Waals surface area contributed by atoms with E-state index in [0.29, 0.717) is 0 Å². The minimum Gasteiger partial charge on any atom is -0.374 e. The van der Waals surface area contributed by atoms with Gasteiger partial charge in [0.2, 0.25) is 5.91 Å². The molecule has 0 bridgehead atoms. The Bertz CT molecular complexity index is 326. The molecule has 1 unspecified atom stereocenters. The van der Waals surface area contributed by atoms with Crippen molar-refractivity contribution in [3.63, 3.8) is 0 Å². The predicted molar refractivity (Wildman–Crippen MR) is 68.2 cm³/mol. The number of rotatable bonds is 6. The molecule has 2 N–H and O–H groups in total. The van der Waals surface area contributed by atoms with Gasteiger partial charge in [-0.2, -0.15) is 13.2 Å². The Morgan fingerprint density at radius 3 is 2.35 bits per heavy atom. The van der Waals surface area contributed by atoms with Gasteiger partial charge in [-0.25, -0.2) is 0 Å². The third kappa shape index (κ3) is 6.35. The fourth-order valence-corrected chi connectivity index (χ4v) is 1.20. The first-order chi connectivity index (χ1) is 7.85. The standard InChI is InChI=1S/C10H12F3IN2O/c1-3-5-7(4-2)15-8(10(11,12)13)6-9(17)16-14/h3-5,8,15H,1-2,6H2,(H,16,17)/b7-5+. The summed E-state index contributed by atoms with van der Waals surface area (Å²) in [5, 5.41) is 2.19. The maximum atomic E-state index is 12.6. The number of nitrogens with one attached hydrogen (secondary N) is 2. The molecule has 0 radical (unpaired) electrons. The number of hydrogen-bond acceptors (Lipinski definition) is 2. The molecule has 3 nitrogen and oxygen atoms in total. The van der Waals surface area contributed by atoms with Crippen LogP contribution in [0.2, 0.25) is 0 Å². The van der Waals surface area contributed by atoms with Crippen molar-refractivity contribution >= 4 is 28.8 Å². The van der Waals surface area contributed by atoms with Crippen LogP contribution in [0.15, 0.2) is 37.1 Å². The Hall–Kier alpha value is -0.990. The SMILES string of the molecule is C=C/C=C(\C=C)NC(CC(=O)NI)C(F)(F)F. The summed E-state index contributed by atoms with van der Waals surface area (Å²) in [6.45, 7) is 6.74. The highest BCUT2D eigenvalue weighted by atomic mass is 127. The first-order valence-electron chi connectivity index (χ1n) is 4.53. The fourth-order valence-electron chi connectivity index (χ4n) is 0.976. The third-order valence-electron chi connectivity index (χ3n) is 1.75. The minimum atomic E-state index is -4.52. The van der Waals surface area contributed by atoms with E-state index in [1.54, 1.807) is 0 Å². The van der Waals surface area contributed by atoms with E-state index in [9.17, 15) is 18.0 Å². The predicted octanol–water partition coefficient (Wildman–Crippen LogP) is 2.62. The van der Waals surface area contributed by atoms with Crippen molar-refractivity contribution in [2.75, 3.05) is 0 Å². The summed E-state index contributed by atoms with van der Waals surface area (Å²) in [5.41, 5.74) is 0.156. The lowest BCUT2D eigenvalue weighted by Crippen LogP contribution is -2.44. The molecule has 0 saturated heterocycles. The first kappa shape index (κ1) is 16.0. The summed E-state index contributed by atoms with van der Waals surface area (Å²) in [6, 6.07) is -1.96. The summed E-state index contributed by atoms with van der Waals surface area (Å²) in [7, 11) is 0. The van der Waals surface area contributed by atoms with Crippen molar-refractivity contribution < 1.29 is 18.0 Å². The fraction of sp³-hybridized carbons (Fsp3) is 0.300. The van der Waals surface area contributed by atoms with Crippen LogP contribution in [0.3, 0.4) is 0 Å². The van der Waals surface area contributed by atoms with E-state index >= 15 is 0 Å². The van der Waals surface area contributed by atoms with Gasteiger partial charge in [0.05, 0.1) is 29.3 Å². The summed E-state index contributed by atoms with van der Waals surface area (Å²) < 4.78 is 40.0. The topological polar surface area (TPSA) is 41.1 Å². The Labute approximate surface area is 111 Å². The van der Waals surface area contributed by atoms with Crippen LogP contribution in [0.4, 0.5) is 13.2 Å². The molecule has 0 saturated carbocycles. The molecular formula is C10H12F3IN2O. The monoisotopic (exact) mass is 360 g/mol. The van der Waals surface area contributed by atoms with Crippen LogP contribution in [-0.4, -0.2) is 18.1 Å². The van der Waals surface area contributed by atoms with Crippen molar-refractivity contribution in [3.05, 3.63) is 37.1 Å². The zero-order valence-corrected chi connectivity index (χ0v) is 11.0. The maximum absolute atomic E-state index is 12.6. The molecule has 17 heavy (non-hydrogen) atoms. The number of amides is 1. The van der Waals surface area contributed by atoms with E-state index < -0.39 is 24.5 Å². The van der Waals surface area contributed by atoms with Gasteiger partial charge >= 0.3 is 6.18 Å². The molecule has 0 aliphatic heterocycles. The van der Waals surface area contributed by atoms with Crippen LogP contribution in [0.25, 0.3) is 0 Å². The summed E-state index contributed by atoms with van der Waals surface area (Å²) >= 11 is 1.49. The second kappa shape index (κ2) is 7.36. The van der Waals surface area contributed by atoms with Crippen LogP contribution in [0, 0.1) is 0 Å². The summed E-state index contributed by atoms with van der Waals surface area (Å²) in [6.07, 6.45) is -1.33. The molecule has 0 aliphatic rings. The number of allylic oxidation sites excluding steroid dienone is 3. The van der Waals surface area contributed by atoms with Crippen molar-refractivity contribution in [1.29, 1.82) is 0 Å². The molecule has 0 rings (SSSR count). The van der Waals surface area contributed by atoms with Gasteiger partial charge in [0.15, 0.2) is 0 Å². The van der Waals surface area contributed by atoms with E-state index in [4.69, 9.17) is 0 Å². The van der Waals surface area contributed by atoms with Gasteiger partial charge in [-0.05, 0) is 12.2 Å². The van der Waals surface area contributed by atoms with Crippen molar-refractivity contribution in [2.45, 2.75) is 18.6 Å². The lowest BCUT2D eigenvalue weighted by atomic mass is 10.1. The van der Waals surface area contributed by atoms with Gasteiger partial charge in [0, 0.05) is 5.70 Å². The van der Waals surface area contributed by atoms with Gasteiger partial charge in [0.25, 0.3) is 0 Å². The molecule has 0 spiro atoms. The highest BCUT2D eigenvalue weighted by Gasteiger charge is 2.40. The molecule has 96 valence electrons. The number of halogens is 4. The van der Waals surface area contributed by atoms with Gasteiger partial charge < -0.3 is 5.32 Å². The zero-order chi connectivity index (χ0) is 13.5. The molecule has 0 fully saturated rings. The van der Waals surface area contributed by atoms with E-state index in [0.717, 1.165) is 0 Å². The summed E-state index contributed by atoms with van der Waals surface area (Å²) in [5.74, 6) is -0.706. The Kier molecular flexibility index (Phi) is 6.93. The lowest BCUT2D eigenvalue weighted by molar-refractivity contribution is -0.159. The zero-order valence-electron chi connectivity index (χ0n) is 8.85. The normalized spacial score (nSPS) is 13.8. The molecule has 0 aromatic heterocycles. The number of carbonyl (C=O) groups is 1. The van der Waals surface area contributed by atoms with E-state index in [1.165, 1.54) is 41.1 Å². The molecule has 7 heteroatoms. The van der Waals surface area contributed by atoms with Crippen molar-refractivity contribution in [1.82, 2.24) is 8.85 Å². The third-order valence-corrected chi connectivity index (χ3v) is 2.35. The van der Waals surface area contributed by atoms with Gasteiger partial charge in [-0.15, -0.1) is 0 Å². The van der Waals surface area contributed by atoms with E-state index in [2.05, 4.69) is 22.0 Å². The Morgan fingerprint density at radius 2 is 2.00 bits per heavy atom. The lowest BCUT2D eigenvalue weighted by Gasteiger charge is -2.22. The minimum absolute atomic E-state index is 0.156. The van der Waals surface area contributed by atoms with Crippen LogP contribution < -0.4 is 8.85 Å². The number of carbonyl (C=O) groups excluding carboxylic acids is 1. The average molecular weight is 360 g/mol. The molecule has 0 heterocycles. The van der Waals surface area contributed by atoms with Crippen LogP contribution >= 0.6 is 22.9 Å². The highest BCUT2D eigenvalue weighted by Crippen LogP contribution is 2.23. The average Bonchev–Trinajstić information content (AvgIpc) is 2.25. The number of alkyl halides is 3. The highest BCUT2D eigenvalue weighted by molar-refractivity contribution is 14.1. The van der Waals surface area contributed by atoms with Crippen LogP contribution in [0.1, 0.15) is 6.42 Å². The molecule has 0 aliphatic carbocycles. The Morgan fingerprint density at radius 1 is 1.41 bits per heavy atom. The van der Waals surface area contributed by atoms with Gasteiger partial charge in [-0.3, -0.25) is 8.32 Å². The van der Waals surface area contributed by atoms with E-state index in [1.807, 2.05) is 0 Å². The quantitative estimate of drug-likeness (QED) is 0.435. The second-order valence-electron chi connectivity index (χ2n) is 3.02. The largest absolute Gasteiger partial charge is 0.409 e. The molecule has 1 atom stereocenters. The molecule has 1 amide bonds. The van der Waals surface area contributed by atoms with E-state index in [-0.39, 0.29) is 5.70 Å². The second-order valence-corrected chi connectivity index (χ2v) is 3.56. The van der Waals surface area contributed by atoms with Gasteiger partial charge in [0.1, 0.15) is 6.04 Å². The smallest absolute Gasteiger partial charge is 0.374 e.